The van der Waals surface area contributed by atoms with Crippen molar-refractivity contribution >= 4 is 44.1 Å². The Hall–Kier alpha value is -3.77. The van der Waals surface area contributed by atoms with Gasteiger partial charge in [0.05, 0.1) is 16.1 Å². The SMILES string of the molecule is CN(C)C1CCN(c2ccc(Nc3ncc4ccn(-c5ccc(F)c(NS(=O)(=O)C(C)(C)C)c5)c4n3)cc2F)CC1. The van der Waals surface area contributed by atoms with Crippen LogP contribution in [0.3, 0.4) is 0 Å². The second kappa shape index (κ2) is 10.9. The molecule has 4 aromatic rings. The first-order chi connectivity index (χ1) is 19.3. The normalized spacial score (nSPS) is 15.1. The molecule has 1 aliphatic rings. The van der Waals surface area contributed by atoms with Crippen LogP contribution in [-0.2, 0) is 10.0 Å². The Balaban J connectivity index is 1.38. The molecule has 5 rings (SSSR count). The van der Waals surface area contributed by atoms with Gasteiger partial charge in [0.1, 0.15) is 17.3 Å². The molecule has 0 unspecified atom stereocenters. The van der Waals surface area contributed by atoms with Gasteiger partial charge in [0, 0.05) is 48.3 Å². The molecule has 218 valence electrons. The van der Waals surface area contributed by atoms with Gasteiger partial charge in [0.2, 0.25) is 16.0 Å². The number of sulfonamides is 1. The van der Waals surface area contributed by atoms with Gasteiger partial charge < -0.3 is 19.7 Å². The third kappa shape index (κ3) is 5.98. The van der Waals surface area contributed by atoms with E-state index in [0.717, 1.165) is 31.3 Å². The summed E-state index contributed by atoms with van der Waals surface area (Å²) >= 11 is 0. The van der Waals surface area contributed by atoms with Crippen molar-refractivity contribution in [3.63, 3.8) is 0 Å². The van der Waals surface area contributed by atoms with Crippen LogP contribution in [0.5, 0.6) is 0 Å². The van der Waals surface area contributed by atoms with E-state index in [9.17, 15) is 12.8 Å². The molecular weight excluding hydrogens is 548 g/mol. The third-order valence-corrected chi connectivity index (χ3v) is 9.55. The van der Waals surface area contributed by atoms with E-state index in [-0.39, 0.29) is 17.5 Å². The predicted molar refractivity (Wildman–Crippen MR) is 160 cm³/mol. The molecule has 0 radical (unpaired) electrons. The highest BCUT2D eigenvalue weighted by molar-refractivity contribution is 7.94. The molecule has 0 atom stereocenters. The van der Waals surface area contributed by atoms with Crippen LogP contribution in [0.4, 0.5) is 31.8 Å². The lowest BCUT2D eigenvalue weighted by Crippen LogP contribution is -2.42. The molecule has 3 heterocycles. The highest BCUT2D eigenvalue weighted by atomic mass is 32.2. The Labute approximate surface area is 239 Å². The standard InChI is InChI=1S/C29H35F2N7O2S/c1-29(2,3)41(39,40)35-25-17-22(7-8-23(25)30)38-15-10-19-18-32-28(34-27(19)38)33-20-6-9-26(24(31)16-20)37-13-11-21(12-14-37)36(4)5/h6-10,15-18,21,35H,11-14H2,1-5H3,(H,32,33,34). The first-order valence-corrected chi connectivity index (χ1v) is 14.9. The van der Waals surface area contributed by atoms with E-state index < -0.39 is 20.6 Å². The van der Waals surface area contributed by atoms with E-state index in [1.807, 2.05) is 0 Å². The minimum absolute atomic E-state index is 0.159. The summed E-state index contributed by atoms with van der Waals surface area (Å²) in [7, 11) is 0.319. The number of piperidine rings is 1. The summed E-state index contributed by atoms with van der Waals surface area (Å²) in [6.07, 6.45) is 5.34. The number of nitrogens with zero attached hydrogens (tertiary/aromatic N) is 5. The number of aromatic nitrogens is 3. The maximum Gasteiger partial charge on any atom is 0.237 e. The van der Waals surface area contributed by atoms with Crippen molar-refractivity contribution in [3.8, 4) is 5.69 Å². The lowest BCUT2D eigenvalue weighted by Gasteiger charge is -2.36. The maximum absolute atomic E-state index is 15.1. The zero-order valence-electron chi connectivity index (χ0n) is 23.8. The summed E-state index contributed by atoms with van der Waals surface area (Å²) in [4.78, 5) is 13.3. The van der Waals surface area contributed by atoms with Crippen LogP contribution in [0.1, 0.15) is 33.6 Å². The first-order valence-electron chi connectivity index (χ1n) is 13.5. The maximum atomic E-state index is 15.1. The zero-order valence-corrected chi connectivity index (χ0v) is 24.6. The highest BCUT2D eigenvalue weighted by Crippen LogP contribution is 2.29. The van der Waals surface area contributed by atoms with Gasteiger partial charge in [-0.1, -0.05) is 0 Å². The molecule has 2 N–H and O–H groups in total. The molecule has 41 heavy (non-hydrogen) atoms. The molecule has 0 saturated carbocycles. The van der Waals surface area contributed by atoms with E-state index in [1.54, 1.807) is 35.2 Å². The Morgan fingerprint density at radius 1 is 1.00 bits per heavy atom. The number of halogens is 2. The summed E-state index contributed by atoms with van der Waals surface area (Å²) in [5.41, 5.74) is 1.94. The molecule has 0 bridgehead atoms. The van der Waals surface area contributed by atoms with Gasteiger partial charge >= 0.3 is 0 Å². The van der Waals surface area contributed by atoms with E-state index in [2.05, 4.69) is 43.9 Å². The summed E-state index contributed by atoms with van der Waals surface area (Å²) in [5.74, 6) is -0.756. The molecular formula is C29H35F2N7O2S. The van der Waals surface area contributed by atoms with Crippen LogP contribution in [-0.4, -0.2) is 65.8 Å². The average molecular weight is 584 g/mol. The summed E-state index contributed by atoms with van der Waals surface area (Å²) in [5, 5.41) is 3.79. The molecule has 2 aromatic carbocycles. The first kappa shape index (κ1) is 28.7. The quantitative estimate of drug-likeness (QED) is 0.296. The number of fused-ring (bicyclic) bond motifs is 1. The Morgan fingerprint density at radius 3 is 2.39 bits per heavy atom. The van der Waals surface area contributed by atoms with Crippen LogP contribution < -0.4 is 14.9 Å². The van der Waals surface area contributed by atoms with E-state index in [0.29, 0.717) is 28.8 Å². The lowest BCUT2D eigenvalue weighted by atomic mass is 10.0. The van der Waals surface area contributed by atoms with Crippen molar-refractivity contribution in [2.45, 2.75) is 44.4 Å². The molecule has 12 heteroatoms. The van der Waals surface area contributed by atoms with Gasteiger partial charge in [0.15, 0.2) is 0 Å². The van der Waals surface area contributed by atoms with Crippen LogP contribution in [0.25, 0.3) is 16.7 Å². The Bertz CT molecular complexity index is 1670. The second-order valence-electron chi connectivity index (χ2n) is 11.5. The van der Waals surface area contributed by atoms with Crippen molar-refractivity contribution in [1.82, 2.24) is 19.4 Å². The van der Waals surface area contributed by atoms with Crippen LogP contribution in [0.15, 0.2) is 54.9 Å². The number of rotatable bonds is 7. The van der Waals surface area contributed by atoms with Crippen LogP contribution in [0, 0.1) is 11.6 Å². The molecule has 1 fully saturated rings. The molecule has 9 nitrogen and oxygen atoms in total. The minimum atomic E-state index is -3.83. The average Bonchev–Trinajstić information content (AvgIpc) is 3.33. The number of benzene rings is 2. The molecule has 0 amide bonds. The largest absolute Gasteiger partial charge is 0.369 e. The molecule has 1 saturated heterocycles. The van der Waals surface area contributed by atoms with Crippen LogP contribution in [0.2, 0.25) is 0 Å². The van der Waals surface area contributed by atoms with Gasteiger partial charge in [-0.15, -0.1) is 0 Å². The zero-order chi connectivity index (χ0) is 29.5. The van der Waals surface area contributed by atoms with Crippen molar-refractivity contribution in [3.05, 3.63) is 66.5 Å². The highest BCUT2D eigenvalue weighted by Gasteiger charge is 2.30. The smallest absolute Gasteiger partial charge is 0.237 e. The summed E-state index contributed by atoms with van der Waals surface area (Å²) in [6, 6.07) is 11.5. The molecule has 2 aromatic heterocycles. The van der Waals surface area contributed by atoms with Crippen molar-refractivity contribution in [2.75, 3.05) is 42.1 Å². The number of nitrogens with one attached hydrogen (secondary N) is 2. The van der Waals surface area contributed by atoms with E-state index in [1.165, 1.54) is 45.0 Å². The van der Waals surface area contributed by atoms with Gasteiger partial charge in [0.25, 0.3) is 0 Å². The topological polar surface area (TPSA) is 95.4 Å². The van der Waals surface area contributed by atoms with E-state index in [4.69, 9.17) is 0 Å². The van der Waals surface area contributed by atoms with Gasteiger partial charge in [-0.3, -0.25) is 4.72 Å². The fourth-order valence-electron chi connectivity index (χ4n) is 4.82. The molecule has 0 aliphatic carbocycles. The Morgan fingerprint density at radius 2 is 1.73 bits per heavy atom. The number of hydrogen-bond acceptors (Lipinski definition) is 7. The molecule has 1 aliphatic heterocycles. The van der Waals surface area contributed by atoms with Gasteiger partial charge in [-0.25, -0.2) is 22.2 Å². The monoisotopic (exact) mass is 583 g/mol. The predicted octanol–water partition coefficient (Wildman–Crippen LogP) is 5.51. The number of anilines is 4. The summed E-state index contributed by atoms with van der Waals surface area (Å²) < 4.78 is 57.9. The summed E-state index contributed by atoms with van der Waals surface area (Å²) in [6.45, 7) is 6.21. The fraction of sp³-hybridized carbons (Fsp3) is 0.379. The fourth-order valence-corrected chi connectivity index (χ4v) is 5.57. The van der Waals surface area contributed by atoms with E-state index >= 15 is 4.39 Å². The van der Waals surface area contributed by atoms with Crippen molar-refractivity contribution < 1.29 is 17.2 Å². The third-order valence-electron chi connectivity index (χ3n) is 7.45. The number of hydrogen-bond donors (Lipinski definition) is 2. The van der Waals surface area contributed by atoms with Gasteiger partial charge in [-0.2, -0.15) is 4.98 Å². The minimum Gasteiger partial charge on any atom is -0.369 e. The second-order valence-corrected chi connectivity index (χ2v) is 13.9. The Kier molecular flexibility index (Phi) is 7.64. The van der Waals surface area contributed by atoms with Gasteiger partial charge in [-0.05, 0) is 90.2 Å². The lowest BCUT2D eigenvalue weighted by molar-refractivity contribution is 0.249. The van der Waals surface area contributed by atoms with Crippen molar-refractivity contribution in [1.29, 1.82) is 0 Å². The molecule has 0 spiro atoms. The van der Waals surface area contributed by atoms with Crippen LogP contribution >= 0.6 is 0 Å². The van der Waals surface area contributed by atoms with Crippen molar-refractivity contribution in [2.24, 2.45) is 0 Å².